The molecule has 0 unspecified atom stereocenters. The molecule has 0 radical (unpaired) electrons. The van der Waals surface area contributed by atoms with Crippen molar-refractivity contribution in [1.82, 2.24) is 4.90 Å². The van der Waals surface area contributed by atoms with Crippen molar-refractivity contribution in [3.05, 3.63) is 29.3 Å². The zero-order chi connectivity index (χ0) is 12.1. The zero-order valence-corrected chi connectivity index (χ0v) is 11.1. The molecule has 0 spiro atoms. The molecule has 0 aliphatic rings. The maximum atomic E-state index is 12.1. The summed E-state index contributed by atoms with van der Waals surface area (Å²) in [5, 5.41) is 10.2. The molecule has 0 atom stereocenters. The number of rotatable bonds is 4. The molecule has 0 aliphatic carbocycles. The second kappa shape index (κ2) is 5.89. The average Bonchev–Trinajstić information content (AvgIpc) is 2.28. The van der Waals surface area contributed by atoms with Gasteiger partial charge in [0.1, 0.15) is 5.75 Å². The van der Waals surface area contributed by atoms with Crippen molar-refractivity contribution in [2.45, 2.75) is 13.8 Å². The number of carbonyl (C=O) groups is 1. The molecule has 1 aromatic carbocycles. The topological polar surface area (TPSA) is 40.5 Å². The predicted octanol–water partition coefficient (Wildman–Crippen LogP) is 2.56. The Bertz CT molecular complexity index is 379. The number of amides is 1. The second-order valence-corrected chi connectivity index (χ2v) is 4.37. The van der Waals surface area contributed by atoms with Gasteiger partial charge in [0.2, 0.25) is 0 Å². The summed E-state index contributed by atoms with van der Waals surface area (Å²) in [7, 11) is 0. The lowest BCUT2D eigenvalue weighted by atomic mass is 10.1. The Labute approximate surface area is 104 Å². The van der Waals surface area contributed by atoms with Gasteiger partial charge in [-0.15, -0.1) is 0 Å². The Morgan fingerprint density at radius 3 is 2.69 bits per heavy atom. The van der Waals surface area contributed by atoms with E-state index in [0.717, 1.165) is 10.9 Å². The van der Waals surface area contributed by atoms with E-state index in [1.165, 1.54) is 0 Å². The van der Waals surface area contributed by atoms with Crippen molar-refractivity contribution in [2.24, 2.45) is 0 Å². The number of phenolic OH excluding ortho intramolecular Hbond substituents is 1. The Balaban J connectivity index is 2.90. The molecule has 1 N–H and O–H groups in total. The summed E-state index contributed by atoms with van der Waals surface area (Å²) in [6, 6.07) is 4.93. The van der Waals surface area contributed by atoms with Gasteiger partial charge in [0.15, 0.2) is 0 Å². The van der Waals surface area contributed by atoms with Gasteiger partial charge in [-0.05, 0) is 37.6 Å². The molecule has 0 saturated carbocycles. The number of aryl methyl sites for hydroxylation is 1. The van der Waals surface area contributed by atoms with E-state index < -0.39 is 0 Å². The van der Waals surface area contributed by atoms with Crippen molar-refractivity contribution in [1.29, 1.82) is 0 Å². The number of alkyl halides is 1. The number of hydrogen-bond donors (Lipinski definition) is 1. The number of halogens is 1. The number of hydrogen-bond acceptors (Lipinski definition) is 2. The van der Waals surface area contributed by atoms with Crippen LogP contribution in [0.25, 0.3) is 0 Å². The van der Waals surface area contributed by atoms with Crippen LogP contribution in [-0.4, -0.2) is 34.3 Å². The maximum absolute atomic E-state index is 12.1. The highest BCUT2D eigenvalue weighted by Crippen LogP contribution is 2.18. The SMILES string of the molecule is CCN(CCBr)C(=O)c1ccc(O)c(C)c1. The first-order valence-corrected chi connectivity index (χ1v) is 6.37. The molecule has 0 fully saturated rings. The van der Waals surface area contributed by atoms with E-state index in [4.69, 9.17) is 0 Å². The molecule has 0 bridgehead atoms. The largest absolute Gasteiger partial charge is 0.508 e. The van der Waals surface area contributed by atoms with Gasteiger partial charge in [0.25, 0.3) is 5.91 Å². The number of benzene rings is 1. The minimum atomic E-state index is 0.00468. The maximum Gasteiger partial charge on any atom is 0.253 e. The van der Waals surface area contributed by atoms with Gasteiger partial charge >= 0.3 is 0 Å². The number of carbonyl (C=O) groups excluding carboxylic acids is 1. The van der Waals surface area contributed by atoms with Crippen LogP contribution >= 0.6 is 15.9 Å². The smallest absolute Gasteiger partial charge is 0.253 e. The highest BCUT2D eigenvalue weighted by molar-refractivity contribution is 9.09. The molecule has 1 aromatic rings. The highest BCUT2D eigenvalue weighted by atomic mass is 79.9. The van der Waals surface area contributed by atoms with E-state index in [-0.39, 0.29) is 11.7 Å². The van der Waals surface area contributed by atoms with Crippen LogP contribution in [0.2, 0.25) is 0 Å². The van der Waals surface area contributed by atoms with E-state index in [1.807, 2.05) is 6.92 Å². The zero-order valence-electron chi connectivity index (χ0n) is 9.53. The Kier molecular flexibility index (Phi) is 4.80. The van der Waals surface area contributed by atoms with Crippen molar-refractivity contribution in [2.75, 3.05) is 18.4 Å². The van der Waals surface area contributed by atoms with Crippen LogP contribution in [0, 0.1) is 6.92 Å². The molecule has 88 valence electrons. The van der Waals surface area contributed by atoms with E-state index >= 15 is 0 Å². The minimum absolute atomic E-state index is 0.00468. The fourth-order valence-corrected chi connectivity index (χ4v) is 1.90. The fraction of sp³-hybridized carbons (Fsp3) is 0.417. The minimum Gasteiger partial charge on any atom is -0.508 e. The normalized spacial score (nSPS) is 10.2. The summed E-state index contributed by atoms with van der Waals surface area (Å²) in [5.41, 5.74) is 1.35. The van der Waals surface area contributed by atoms with Crippen molar-refractivity contribution in [3.63, 3.8) is 0 Å². The standard InChI is InChI=1S/C12H16BrNO2/c1-3-14(7-6-13)12(16)10-4-5-11(15)9(2)8-10/h4-5,8,15H,3,6-7H2,1-2H3. The van der Waals surface area contributed by atoms with Crippen molar-refractivity contribution >= 4 is 21.8 Å². The third-order valence-corrected chi connectivity index (χ3v) is 2.82. The summed E-state index contributed by atoms with van der Waals surface area (Å²) in [6.07, 6.45) is 0. The second-order valence-electron chi connectivity index (χ2n) is 3.58. The van der Waals surface area contributed by atoms with Gasteiger partial charge in [-0.2, -0.15) is 0 Å². The monoisotopic (exact) mass is 285 g/mol. The van der Waals surface area contributed by atoms with Crippen LogP contribution in [0.15, 0.2) is 18.2 Å². The van der Waals surface area contributed by atoms with E-state index in [2.05, 4.69) is 15.9 Å². The third kappa shape index (κ3) is 2.98. The van der Waals surface area contributed by atoms with Crippen molar-refractivity contribution in [3.8, 4) is 5.75 Å². The van der Waals surface area contributed by atoms with Gasteiger partial charge in [-0.25, -0.2) is 0 Å². The first kappa shape index (κ1) is 13.0. The van der Waals surface area contributed by atoms with Crippen LogP contribution in [0.1, 0.15) is 22.8 Å². The third-order valence-electron chi connectivity index (χ3n) is 2.47. The molecule has 4 heteroatoms. The summed E-state index contributed by atoms with van der Waals surface area (Å²) < 4.78 is 0. The Morgan fingerprint density at radius 2 is 2.19 bits per heavy atom. The van der Waals surface area contributed by atoms with Gasteiger partial charge in [-0.1, -0.05) is 15.9 Å². The van der Waals surface area contributed by atoms with Gasteiger partial charge in [0, 0.05) is 24.0 Å². The summed E-state index contributed by atoms with van der Waals surface area (Å²) in [6.45, 7) is 5.11. The van der Waals surface area contributed by atoms with Crippen LogP contribution in [0.5, 0.6) is 5.75 Å². The molecule has 3 nitrogen and oxygen atoms in total. The molecule has 0 aromatic heterocycles. The van der Waals surface area contributed by atoms with Crippen molar-refractivity contribution < 1.29 is 9.90 Å². The molecular weight excluding hydrogens is 270 g/mol. The first-order chi connectivity index (χ1) is 7.60. The summed E-state index contributed by atoms with van der Waals surface area (Å²) >= 11 is 3.32. The van der Waals surface area contributed by atoms with Crippen LogP contribution < -0.4 is 0 Å². The molecule has 16 heavy (non-hydrogen) atoms. The molecule has 0 heterocycles. The summed E-state index contributed by atoms with van der Waals surface area (Å²) in [4.78, 5) is 13.8. The van der Waals surface area contributed by atoms with Crippen LogP contribution in [-0.2, 0) is 0 Å². The Morgan fingerprint density at radius 1 is 1.50 bits per heavy atom. The first-order valence-electron chi connectivity index (χ1n) is 5.25. The lowest BCUT2D eigenvalue weighted by molar-refractivity contribution is 0.0775. The summed E-state index contributed by atoms with van der Waals surface area (Å²) in [5.74, 6) is 0.227. The lowest BCUT2D eigenvalue weighted by Crippen LogP contribution is -2.32. The molecule has 1 amide bonds. The molecule has 0 saturated heterocycles. The average molecular weight is 286 g/mol. The van der Waals surface area contributed by atoms with Gasteiger partial charge < -0.3 is 10.0 Å². The van der Waals surface area contributed by atoms with E-state index in [1.54, 1.807) is 30.0 Å². The fourth-order valence-electron chi connectivity index (χ4n) is 1.48. The van der Waals surface area contributed by atoms with Crippen LogP contribution in [0.4, 0.5) is 0 Å². The molecular formula is C12H16BrNO2. The number of nitrogens with zero attached hydrogens (tertiary/aromatic N) is 1. The molecule has 1 rings (SSSR count). The molecule has 0 aliphatic heterocycles. The van der Waals surface area contributed by atoms with Crippen LogP contribution in [0.3, 0.4) is 0 Å². The van der Waals surface area contributed by atoms with E-state index in [0.29, 0.717) is 18.7 Å². The van der Waals surface area contributed by atoms with Gasteiger partial charge in [-0.3, -0.25) is 4.79 Å². The predicted molar refractivity (Wildman–Crippen MR) is 68.2 cm³/mol. The highest BCUT2D eigenvalue weighted by Gasteiger charge is 2.13. The lowest BCUT2D eigenvalue weighted by Gasteiger charge is -2.19. The van der Waals surface area contributed by atoms with Gasteiger partial charge in [0.05, 0.1) is 0 Å². The number of aromatic hydroxyl groups is 1. The quantitative estimate of drug-likeness (QED) is 0.864. The number of phenols is 1. The Hall–Kier alpha value is -1.03. The van der Waals surface area contributed by atoms with E-state index in [9.17, 15) is 9.90 Å².